The number of nitrogens with zero attached hydrogens (tertiary/aromatic N) is 1. The molecular formula is C5H12N2. The molecule has 0 saturated carbocycles. The second-order valence-electron chi connectivity index (χ2n) is 1.54. The Morgan fingerprint density at radius 1 is 1.71 bits per heavy atom. The molecule has 2 heteroatoms. The molecule has 0 atom stereocenters. The van der Waals surface area contributed by atoms with E-state index in [1.165, 1.54) is 0 Å². The SMILES string of the molecule is C/C=C(/C)N(C)N. The highest BCUT2D eigenvalue weighted by atomic mass is 15.4. The maximum absolute atomic E-state index is 5.31. The van der Waals surface area contributed by atoms with Gasteiger partial charge in [0.15, 0.2) is 0 Å². The van der Waals surface area contributed by atoms with Crippen molar-refractivity contribution in [3.63, 3.8) is 0 Å². The van der Waals surface area contributed by atoms with Crippen molar-refractivity contribution in [1.82, 2.24) is 5.01 Å². The van der Waals surface area contributed by atoms with Gasteiger partial charge in [-0.25, -0.2) is 5.84 Å². The monoisotopic (exact) mass is 100 g/mol. The van der Waals surface area contributed by atoms with Gasteiger partial charge in [0.1, 0.15) is 0 Å². The standard InChI is InChI=1S/C5H12N2/c1-4-5(2)7(3)6/h4H,6H2,1-3H3/b5-4-. The molecule has 7 heavy (non-hydrogen) atoms. The zero-order chi connectivity index (χ0) is 5.86. The summed E-state index contributed by atoms with van der Waals surface area (Å²) in [7, 11) is 1.81. The molecule has 0 unspecified atom stereocenters. The average Bonchev–Trinajstić information content (AvgIpc) is 1.65. The van der Waals surface area contributed by atoms with Gasteiger partial charge in [-0.2, -0.15) is 0 Å². The van der Waals surface area contributed by atoms with E-state index in [9.17, 15) is 0 Å². The third kappa shape index (κ3) is 2.23. The normalized spacial score (nSPS) is 11.7. The molecule has 0 aromatic heterocycles. The van der Waals surface area contributed by atoms with Crippen LogP contribution < -0.4 is 5.84 Å². The van der Waals surface area contributed by atoms with Crippen molar-refractivity contribution >= 4 is 0 Å². The molecule has 2 nitrogen and oxygen atoms in total. The summed E-state index contributed by atoms with van der Waals surface area (Å²) < 4.78 is 0. The number of nitrogens with two attached hydrogens (primary N) is 1. The van der Waals surface area contributed by atoms with Gasteiger partial charge in [-0.15, -0.1) is 0 Å². The van der Waals surface area contributed by atoms with Crippen LogP contribution in [0.1, 0.15) is 13.8 Å². The summed E-state index contributed by atoms with van der Waals surface area (Å²) in [5, 5.41) is 1.58. The topological polar surface area (TPSA) is 29.3 Å². The Bertz CT molecular complexity index is 74.1. The maximum atomic E-state index is 5.31. The minimum absolute atomic E-state index is 1.08. The fourth-order valence-electron chi connectivity index (χ4n) is 0.204. The predicted octanol–water partition coefficient (Wildman–Crippen LogP) is 0.716. The molecule has 0 aliphatic rings. The van der Waals surface area contributed by atoms with E-state index in [1.54, 1.807) is 5.01 Å². The summed E-state index contributed by atoms with van der Waals surface area (Å²) in [6.07, 6.45) is 1.96. The molecule has 0 aromatic rings. The van der Waals surface area contributed by atoms with E-state index in [2.05, 4.69) is 0 Å². The van der Waals surface area contributed by atoms with E-state index in [0.717, 1.165) is 5.70 Å². The molecule has 0 aliphatic heterocycles. The molecule has 0 amide bonds. The van der Waals surface area contributed by atoms with Crippen molar-refractivity contribution in [2.45, 2.75) is 13.8 Å². The Morgan fingerprint density at radius 3 is 2.14 bits per heavy atom. The third-order valence-corrected chi connectivity index (χ3v) is 0.974. The first-order chi connectivity index (χ1) is 3.18. The van der Waals surface area contributed by atoms with Crippen molar-refractivity contribution in [2.24, 2.45) is 5.84 Å². The van der Waals surface area contributed by atoms with Crippen LogP contribution in [-0.4, -0.2) is 12.1 Å². The van der Waals surface area contributed by atoms with Crippen molar-refractivity contribution in [3.05, 3.63) is 11.8 Å². The Labute approximate surface area is 44.6 Å². The average molecular weight is 100 g/mol. The number of hydrogen-bond acceptors (Lipinski definition) is 2. The molecule has 2 N–H and O–H groups in total. The molecular weight excluding hydrogens is 88.1 g/mol. The van der Waals surface area contributed by atoms with E-state index < -0.39 is 0 Å². The van der Waals surface area contributed by atoms with E-state index in [-0.39, 0.29) is 0 Å². The minimum Gasteiger partial charge on any atom is -0.319 e. The van der Waals surface area contributed by atoms with Crippen molar-refractivity contribution < 1.29 is 0 Å². The zero-order valence-corrected chi connectivity index (χ0v) is 5.10. The van der Waals surface area contributed by atoms with E-state index in [4.69, 9.17) is 5.84 Å². The van der Waals surface area contributed by atoms with Gasteiger partial charge in [0.25, 0.3) is 0 Å². The maximum Gasteiger partial charge on any atom is 0.0225 e. The van der Waals surface area contributed by atoms with Gasteiger partial charge in [0.2, 0.25) is 0 Å². The van der Waals surface area contributed by atoms with Crippen molar-refractivity contribution in [2.75, 3.05) is 7.05 Å². The first-order valence-electron chi connectivity index (χ1n) is 2.30. The summed E-state index contributed by atoms with van der Waals surface area (Å²) >= 11 is 0. The van der Waals surface area contributed by atoms with Gasteiger partial charge in [-0.05, 0) is 13.8 Å². The van der Waals surface area contributed by atoms with E-state index in [1.807, 2.05) is 27.0 Å². The Morgan fingerprint density at radius 2 is 2.14 bits per heavy atom. The second-order valence-corrected chi connectivity index (χ2v) is 1.54. The van der Waals surface area contributed by atoms with Crippen LogP contribution in [0.3, 0.4) is 0 Å². The van der Waals surface area contributed by atoms with Crippen LogP contribution in [0.4, 0.5) is 0 Å². The van der Waals surface area contributed by atoms with Crippen LogP contribution in [0.15, 0.2) is 11.8 Å². The molecule has 0 heterocycles. The Balaban J connectivity index is 3.56. The molecule has 0 radical (unpaired) electrons. The van der Waals surface area contributed by atoms with Crippen LogP contribution in [-0.2, 0) is 0 Å². The highest BCUT2D eigenvalue weighted by Crippen LogP contribution is 1.89. The predicted molar refractivity (Wildman–Crippen MR) is 31.4 cm³/mol. The Hall–Kier alpha value is -0.500. The number of hydrazine groups is 1. The van der Waals surface area contributed by atoms with Gasteiger partial charge < -0.3 is 5.01 Å². The van der Waals surface area contributed by atoms with Gasteiger partial charge in [-0.1, -0.05) is 6.08 Å². The molecule has 42 valence electrons. The number of allylic oxidation sites excluding steroid dienone is 2. The second kappa shape index (κ2) is 2.64. The summed E-state index contributed by atoms with van der Waals surface area (Å²) in [5.74, 6) is 5.31. The lowest BCUT2D eigenvalue weighted by atomic mass is 10.4. The van der Waals surface area contributed by atoms with Crippen LogP contribution in [0.25, 0.3) is 0 Å². The van der Waals surface area contributed by atoms with E-state index >= 15 is 0 Å². The van der Waals surface area contributed by atoms with Crippen LogP contribution in [0.2, 0.25) is 0 Å². The quantitative estimate of drug-likeness (QED) is 0.388. The summed E-state index contributed by atoms with van der Waals surface area (Å²) in [5.41, 5.74) is 1.08. The first-order valence-corrected chi connectivity index (χ1v) is 2.30. The highest BCUT2D eigenvalue weighted by molar-refractivity contribution is 4.90. The zero-order valence-electron chi connectivity index (χ0n) is 5.10. The minimum atomic E-state index is 1.08. The molecule has 0 aliphatic carbocycles. The van der Waals surface area contributed by atoms with Crippen LogP contribution in [0, 0.1) is 0 Å². The van der Waals surface area contributed by atoms with Gasteiger partial charge >= 0.3 is 0 Å². The van der Waals surface area contributed by atoms with Crippen molar-refractivity contribution in [3.8, 4) is 0 Å². The van der Waals surface area contributed by atoms with E-state index in [0.29, 0.717) is 0 Å². The highest BCUT2D eigenvalue weighted by Gasteiger charge is 1.83. The van der Waals surface area contributed by atoms with Crippen molar-refractivity contribution in [1.29, 1.82) is 0 Å². The van der Waals surface area contributed by atoms with Crippen LogP contribution >= 0.6 is 0 Å². The lowest BCUT2D eigenvalue weighted by molar-refractivity contribution is 0.441. The van der Waals surface area contributed by atoms with Gasteiger partial charge in [0.05, 0.1) is 0 Å². The largest absolute Gasteiger partial charge is 0.319 e. The summed E-state index contributed by atoms with van der Waals surface area (Å²) in [6, 6.07) is 0. The van der Waals surface area contributed by atoms with Crippen LogP contribution in [0.5, 0.6) is 0 Å². The summed E-state index contributed by atoms with van der Waals surface area (Å²) in [4.78, 5) is 0. The van der Waals surface area contributed by atoms with Gasteiger partial charge in [0, 0.05) is 12.7 Å². The van der Waals surface area contributed by atoms with Gasteiger partial charge in [-0.3, -0.25) is 0 Å². The molecule has 0 rings (SSSR count). The fourth-order valence-corrected chi connectivity index (χ4v) is 0.204. The summed E-state index contributed by atoms with van der Waals surface area (Å²) in [6.45, 7) is 3.92. The number of rotatable bonds is 1. The molecule has 0 saturated heterocycles. The molecule has 0 bridgehead atoms. The third-order valence-electron chi connectivity index (χ3n) is 0.974. The Kier molecular flexibility index (Phi) is 2.45. The lowest BCUT2D eigenvalue weighted by Crippen LogP contribution is -2.23. The fraction of sp³-hybridized carbons (Fsp3) is 0.600. The molecule has 0 aromatic carbocycles. The smallest absolute Gasteiger partial charge is 0.0225 e. The molecule has 0 fully saturated rings. The number of hydrogen-bond donors (Lipinski definition) is 1. The molecule has 0 spiro atoms. The lowest BCUT2D eigenvalue weighted by Gasteiger charge is -2.09. The first kappa shape index (κ1) is 6.50.